The van der Waals surface area contributed by atoms with Crippen LogP contribution in [-0.4, -0.2) is 11.0 Å². The zero-order valence-corrected chi connectivity index (χ0v) is 11.0. The summed E-state index contributed by atoms with van der Waals surface area (Å²) >= 11 is 1.70. The average molecular weight is 226 g/mol. The fraction of sp³-hybridized carbons (Fsp3) is 0.750. The van der Waals surface area contributed by atoms with Gasteiger partial charge in [-0.15, -0.1) is 11.3 Å². The van der Waals surface area contributed by atoms with Crippen LogP contribution in [0.25, 0.3) is 0 Å². The van der Waals surface area contributed by atoms with E-state index in [9.17, 15) is 0 Å². The van der Waals surface area contributed by atoms with Gasteiger partial charge < -0.3 is 5.32 Å². The first-order valence-corrected chi connectivity index (χ1v) is 6.64. The van der Waals surface area contributed by atoms with Gasteiger partial charge in [-0.05, 0) is 26.2 Å². The highest BCUT2D eigenvalue weighted by atomic mass is 32.1. The van der Waals surface area contributed by atoms with Crippen molar-refractivity contribution in [1.82, 2.24) is 4.98 Å². The Balaban J connectivity index is 2.21. The fourth-order valence-corrected chi connectivity index (χ4v) is 2.34. The number of aromatic nitrogens is 1. The standard InChI is InChI=1S/C12H22N2S/c1-9(2)6-5-7-10(3)13-12-14-11(4)8-15-12/h8-10H,5-7H2,1-4H3,(H,13,14). The maximum atomic E-state index is 4.40. The first kappa shape index (κ1) is 12.5. The Labute approximate surface area is 97.1 Å². The van der Waals surface area contributed by atoms with E-state index in [-0.39, 0.29) is 0 Å². The third-order valence-electron chi connectivity index (χ3n) is 2.41. The monoisotopic (exact) mass is 226 g/mol. The molecule has 1 N–H and O–H groups in total. The van der Waals surface area contributed by atoms with Crippen molar-refractivity contribution in [2.75, 3.05) is 5.32 Å². The Morgan fingerprint density at radius 1 is 1.33 bits per heavy atom. The van der Waals surface area contributed by atoms with Crippen LogP contribution in [0.2, 0.25) is 0 Å². The lowest BCUT2D eigenvalue weighted by Gasteiger charge is -2.13. The molecular formula is C12H22N2S. The number of anilines is 1. The minimum atomic E-state index is 0.536. The molecule has 2 nitrogen and oxygen atoms in total. The summed E-state index contributed by atoms with van der Waals surface area (Å²) in [5, 5.41) is 6.59. The van der Waals surface area contributed by atoms with E-state index in [1.54, 1.807) is 11.3 Å². The van der Waals surface area contributed by atoms with Crippen LogP contribution in [0.15, 0.2) is 5.38 Å². The molecule has 0 amide bonds. The summed E-state index contributed by atoms with van der Waals surface area (Å²) in [5.41, 5.74) is 1.11. The summed E-state index contributed by atoms with van der Waals surface area (Å²) in [6.07, 6.45) is 3.86. The van der Waals surface area contributed by atoms with Gasteiger partial charge in [0.15, 0.2) is 5.13 Å². The van der Waals surface area contributed by atoms with Crippen molar-refractivity contribution < 1.29 is 0 Å². The van der Waals surface area contributed by atoms with Gasteiger partial charge in [0, 0.05) is 11.4 Å². The van der Waals surface area contributed by atoms with Crippen LogP contribution in [-0.2, 0) is 0 Å². The van der Waals surface area contributed by atoms with Crippen molar-refractivity contribution in [3.8, 4) is 0 Å². The summed E-state index contributed by atoms with van der Waals surface area (Å²) in [5.74, 6) is 0.819. The van der Waals surface area contributed by atoms with Gasteiger partial charge in [-0.25, -0.2) is 4.98 Å². The Kier molecular flexibility index (Phi) is 5.09. The van der Waals surface area contributed by atoms with Gasteiger partial charge in [0.25, 0.3) is 0 Å². The van der Waals surface area contributed by atoms with Gasteiger partial charge in [0.05, 0.1) is 5.69 Å². The van der Waals surface area contributed by atoms with Crippen LogP contribution in [0.4, 0.5) is 5.13 Å². The lowest BCUT2D eigenvalue weighted by atomic mass is 10.0. The van der Waals surface area contributed by atoms with Crippen LogP contribution in [0.3, 0.4) is 0 Å². The van der Waals surface area contributed by atoms with Crippen LogP contribution < -0.4 is 5.32 Å². The maximum absolute atomic E-state index is 4.40. The van der Waals surface area contributed by atoms with E-state index in [2.05, 4.69) is 36.5 Å². The molecule has 1 aromatic rings. The zero-order valence-electron chi connectivity index (χ0n) is 10.2. The predicted octanol–water partition coefficient (Wildman–Crippen LogP) is 4.08. The molecule has 0 saturated heterocycles. The molecule has 1 aromatic heterocycles. The quantitative estimate of drug-likeness (QED) is 0.790. The van der Waals surface area contributed by atoms with Gasteiger partial charge >= 0.3 is 0 Å². The third-order valence-corrected chi connectivity index (χ3v) is 3.30. The van der Waals surface area contributed by atoms with E-state index in [1.165, 1.54) is 19.3 Å². The van der Waals surface area contributed by atoms with E-state index in [0.29, 0.717) is 6.04 Å². The molecule has 0 aliphatic carbocycles. The van der Waals surface area contributed by atoms with E-state index < -0.39 is 0 Å². The van der Waals surface area contributed by atoms with Crippen molar-refractivity contribution in [2.45, 2.75) is 53.0 Å². The molecule has 0 aromatic carbocycles. The molecule has 86 valence electrons. The maximum Gasteiger partial charge on any atom is 0.183 e. The second-order valence-electron chi connectivity index (χ2n) is 4.66. The minimum absolute atomic E-state index is 0.536. The van der Waals surface area contributed by atoms with E-state index in [4.69, 9.17) is 0 Å². The molecule has 0 saturated carbocycles. The molecule has 1 rings (SSSR count). The molecule has 1 atom stereocenters. The molecule has 0 radical (unpaired) electrons. The molecular weight excluding hydrogens is 204 g/mol. The molecule has 1 unspecified atom stereocenters. The van der Waals surface area contributed by atoms with Crippen LogP contribution in [0, 0.1) is 12.8 Å². The Bertz CT molecular complexity index is 281. The minimum Gasteiger partial charge on any atom is -0.359 e. The Morgan fingerprint density at radius 2 is 2.07 bits per heavy atom. The summed E-state index contributed by atoms with van der Waals surface area (Å²) < 4.78 is 0. The van der Waals surface area contributed by atoms with Gasteiger partial charge in [0.1, 0.15) is 0 Å². The highest BCUT2D eigenvalue weighted by Crippen LogP contribution is 2.17. The number of rotatable bonds is 6. The van der Waals surface area contributed by atoms with Crippen LogP contribution >= 0.6 is 11.3 Å². The largest absolute Gasteiger partial charge is 0.359 e. The van der Waals surface area contributed by atoms with Gasteiger partial charge in [-0.3, -0.25) is 0 Å². The summed E-state index contributed by atoms with van der Waals surface area (Å²) in [6, 6.07) is 0.536. The average Bonchev–Trinajstić information content (AvgIpc) is 2.50. The van der Waals surface area contributed by atoms with Gasteiger partial charge in [-0.2, -0.15) is 0 Å². The molecule has 0 fully saturated rings. The zero-order chi connectivity index (χ0) is 11.3. The van der Waals surface area contributed by atoms with Crippen LogP contribution in [0.1, 0.15) is 45.7 Å². The Morgan fingerprint density at radius 3 is 2.60 bits per heavy atom. The lowest BCUT2D eigenvalue weighted by molar-refractivity contribution is 0.520. The number of hydrogen-bond donors (Lipinski definition) is 1. The van der Waals surface area contributed by atoms with E-state index in [0.717, 1.165) is 16.7 Å². The topological polar surface area (TPSA) is 24.9 Å². The second kappa shape index (κ2) is 6.11. The number of nitrogens with one attached hydrogen (secondary N) is 1. The molecule has 3 heteroatoms. The smallest absolute Gasteiger partial charge is 0.183 e. The molecule has 0 aliphatic rings. The van der Waals surface area contributed by atoms with Crippen molar-refractivity contribution in [1.29, 1.82) is 0 Å². The SMILES string of the molecule is Cc1csc(NC(C)CCCC(C)C)n1. The van der Waals surface area contributed by atoms with E-state index in [1.807, 2.05) is 6.92 Å². The van der Waals surface area contributed by atoms with Crippen molar-refractivity contribution in [2.24, 2.45) is 5.92 Å². The third kappa shape index (κ3) is 5.17. The molecule has 0 aliphatic heterocycles. The number of nitrogens with zero attached hydrogens (tertiary/aromatic N) is 1. The van der Waals surface area contributed by atoms with Crippen molar-refractivity contribution in [3.63, 3.8) is 0 Å². The fourth-order valence-electron chi connectivity index (χ4n) is 1.54. The first-order chi connectivity index (χ1) is 7.08. The summed E-state index contributed by atoms with van der Waals surface area (Å²) in [4.78, 5) is 4.40. The van der Waals surface area contributed by atoms with Gasteiger partial charge in [-0.1, -0.05) is 26.7 Å². The normalized spacial score (nSPS) is 13.1. The Hall–Kier alpha value is -0.570. The summed E-state index contributed by atoms with van der Waals surface area (Å²) in [7, 11) is 0. The lowest BCUT2D eigenvalue weighted by Crippen LogP contribution is -2.14. The van der Waals surface area contributed by atoms with Gasteiger partial charge in [0.2, 0.25) is 0 Å². The predicted molar refractivity (Wildman–Crippen MR) is 68.6 cm³/mol. The highest BCUT2D eigenvalue weighted by Gasteiger charge is 2.05. The molecule has 15 heavy (non-hydrogen) atoms. The van der Waals surface area contributed by atoms with Crippen molar-refractivity contribution >= 4 is 16.5 Å². The van der Waals surface area contributed by atoms with Crippen molar-refractivity contribution in [3.05, 3.63) is 11.1 Å². The number of aryl methyl sites for hydroxylation is 1. The first-order valence-electron chi connectivity index (χ1n) is 5.76. The summed E-state index contributed by atoms with van der Waals surface area (Å²) in [6.45, 7) is 8.83. The number of hydrogen-bond acceptors (Lipinski definition) is 3. The molecule has 0 spiro atoms. The number of thiazole rings is 1. The van der Waals surface area contributed by atoms with Crippen LogP contribution in [0.5, 0.6) is 0 Å². The highest BCUT2D eigenvalue weighted by molar-refractivity contribution is 7.13. The second-order valence-corrected chi connectivity index (χ2v) is 5.52. The molecule has 0 bridgehead atoms. The van der Waals surface area contributed by atoms with E-state index >= 15 is 0 Å². The molecule has 1 heterocycles.